The first-order chi connectivity index (χ1) is 16.3. The van der Waals surface area contributed by atoms with Gasteiger partial charge in [-0.3, -0.25) is 10.2 Å². The molecular weight excluding hydrogens is 436 g/mol. The van der Waals surface area contributed by atoms with Crippen LogP contribution in [0.25, 0.3) is 0 Å². The monoisotopic (exact) mass is 466 g/mol. The maximum atomic E-state index is 12.6. The summed E-state index contributed by atoms with van der Waals surface area (Å²) in [6.45, 7) is 4.08. The third kappa shape index (κ3) is 8.73. The molecule has 0 amide bonds. The van der Waals surface area contributed by atoms with E-state index in [-0.39, 0.29) is 29.1 Å². The number of methoxy groups -OCH3 is 4. The van der Waals surface area contributed by atoms with Gasteiger partial charge in [-0.05, 0) is 36.4 Å². The maximum Gasteiger partial charge on any atom is 0.210 e. The van der Waals surface area contributed by atoms with E-state index in [1.807, 2.05) is 0 Å². The van der Waals surface area contributed by atoms with Gasteiger partial charge >= 0.3 is 0 Å². The topological polar surface area (TPSA) is 124 Å². The molecule has 34 heavy (non-hydrogen) atoms. The minimum Gasteiger partial charge on any atom is -0.508 e. The number of hydrogen-bond donors (Lipinski definition) is 3. The first kappa shape index (κ1) is 27.8. The molecule has 2 rings (SSSR count). The van der Waals surface area contributed by atoms with Gasteiger partial charge in [0.15, 0.2) is 11.5 Å². The second kappa shape index (κ2) is 14.8. The predicted octanol–water partition coefficient (Wildman–Crippen LogP) is 3.72. The van der Waals surface area contributed by atoms with Crippen molar-refractivity contribution < 1.29 is 28.8 Å². The van der Waals surface area contributed by atoms with Crippen LogP contribution in [0.2, 0.25) is 0 Å². The molecule has 0 spiro atoms. The number of carbonyl (C=O) groups excluding carboxylic acids is 1. The van der Waals surface area contributed by atoms with Gasteiger partial charge in [0.2, 0.25) is 11.5 Å². The summed E-state index contributed by atoms with van der Waals surface area (Å²) < 4.78 is 20.3. The number of phenolic OH excluding ortho intramolecular Hbond substituents is 1. The lowest BCUT2D eigenvalue weighted by atomic mass is 10.0. The number of nitrogens with two attached hydrogens (primary N) is 1. The zero-order chi connectivity index (χ0) is 25.5. The summed E-state index contributed by atoms with van der Waals surface area (Å²) in [6.07, 6.45) is 3.14. The highest BCUT2D eigenvalue weighted by Gasteiger charge is 2.19. The SMILES string of the molecule is C=CCOC.COc1cc(C(=O)C(=N)/C=C(\N)CC#Cc2cccc(O)c2)cc(OC)c1OC. The molecule has 0 unspecified atom stereocenters. The second-order valence-corrected chi connectivity index (χ2v) is 6.65. The van der Waals surface area contributed by atoms with Crippen molar-refractivity contribution in [2.24, 2.45) is 5.73 Å². The molecule has 8 nitrogen and oxygen atoms in total. The number of ether oxygens (including phenoxy) is 4. The molecule has 0 aliphatic carbocycles. The van der Waals surface area contributed by atoms with Crippen molar-refractivity contribution >= 4 is 11.5 Å². The number of Topliss-reactive ketones (excluding diaryl/α,β-unsaturated/α-hetero) is 1. The van der Waals surface area contributed by atoms with Crippen LogP contribution in [0.15, 0.2) is 60.8 Å². The van der Waals surface area contributed by atoms with E-state index < -0.39 is 5.78 Å². The summed E-state index contributed by atoms with van der Waals surface area (Å²) in [6, 6.07) is 9.47. The molecule has 180 valence electrons. The third-order valence-electron chi connectivity index (χ3n) is 4.16. The third-order valence-corrected chi connectivity index (χ3v) is 4.16. The Labute approximate surface area is 200 Å². The summed E-state index contributed by atoms with van der Waals surface area (Å²) in [5, 5.41) is 17.5. The standard InChI is InChI=1S/C22H22N2O5.C4H8O/c1-27-19-11-15(12-20(28-2)22(19)29-3)21(26)18(24)13-16(23)8-4-6-14-7-5-9-17(25)10-14;1-3-4-5-2/h5,7,9-13,24-25H,8,23H2,1-3H3;3H,1,4H2,2H3/b16-13-,24-18?;. The Kier molecular flexibility index (Phi) is 12.1. The molecule has 8 heteroatoms. The molecule has 0 bridgehead atoms. The van der Waals surface area contributed by atoms with Crippen molar-refractivity contribution in [3.63, 3.8) is 0 Å². The van der Waals surface area contributed by atoms with Gasteiger partial charge in [0, 0.05) is 30.4 Å². The van der Waals surface area contributed by atoms with Crippen LogP contribution in [0.3, 0.4) is 0 Å². The fourth-order valence-electron chi connectivity index (χ4n) is 2.62. The summed E-state index contributed by atoms with van der Waals surface area (Å²) in [5.41, 5.74) is 6.71. The molecule has 0 aromatic heterocycles. The van der Waals surface area contributed by atoms with E-state index in [0.717, 1.165) is 0 Å². The molecule has 0 heterocycles. The van der Waals surface area contributed by atoms with E-state index in [0.29, 0.717) is 29.4 Å². The van der Waals surface area contributed by atoms with E-state index in [1.54, 1.807) is 31.4 Å². The Morgan fingerprint density at radius 2 is 1.76 bits per heavy atom. The van der Waals surface area contributed by atoms with Crippen LogP contribution in [-0.2, 0) is 4.74 Å². The lowest BCUT2D eigenvalue weighted by Gasteiger charge is -2.13. The molecule has 2 aromatic rings. The smallest absolute Gasteiger partial charge is 0.210 e. The molecule has 2 aromatic carbocycles. The van der Waals surface area contributed by atoms with Gasteiger partial charge < -0.3 is 29.8 Å². The van der Waals surface area contributed by atoms with Gasteiger partial charge in [-0.15, -0.1) is 6.58 Å². The molecule has 0 fully saturated rings. The van der Waals surface area contributed by atoms with Gasteiger partial charge in [-0.25, -0.2) is 0 Å². The maximum absolute atomic E-state index is 12.6. The first-order valence-corrected chi connectivity index (χ1v) is 10.1. The average Bonchev–Trinajstić information content (AvgIpc) is 2.83. The van der Waals surface area contributed by atoms with Gasteiger partial charge in [-0.2, -0.15) is 0 Å². The van der Waals surface area contributed by atoms with E-state index in [9.17, 15) is 9.90 Å². The van der Waals surface area contributed by atoms with Crippen molar-refractivity contribution in [1.29, 1.82) is 5.41 Å². The number of rotatable bonds is 9. The summed E-state index contributed by atoms with van der Waals surface area (Å²) >= 11 is 0. The van der Waals surface area contributed by atoms with Gasteiger partial charge in [-0.1, -0.05) is 24.0 Å². The second-order valence-electron chi connectivity index (χ2n) is 6.65. The molecule has 0 saturated carbocycles. The molecule has 0 atom stereocenters. The van der Waals surface area contributed by atoms with Crippen LogP contribution in [0, 0.1) is 17.3 Å². The zero-order valence-electron chi connectivity index (χ0n) is 19.8. The minimum absolute atomic E-state index is 0.123. The Bertz CT molecular complexity index is 1070. The van der Waals surface area contributed by atoms with E-state index in [2.05, 4.69) is 23.2 Å². The van der Waals surface area contributed by atoms with E-state index in [1.165, 1.54) is 45.6 Å². The van der Waals surface area contributed by atoms with Crippen LogP contribution in [-0.4, -0.2) is 51.6 Å². The molecule has 0 saturated heterocycles. The number of allylic oxidation sites excluding steroid dienone is 2. The molecule has 4 N–H and O–H groups in total. The van der Waals surface area contributed by atoms with Crippen molar-refractivity contribution in [1.82, 2.24) is 0 Å². The van der Waals surface area contributed by atoms with E-state index in [4.69, 9.17) is 25.4 Å². The fourth-order valence-corrected chi connectivity index (χ4v) is 2.62. The highest BCUT2D eigenvalue weighted by molar-refractivity contribution is 6.48. The number of phenols is 1. The molecule has 0 aliphatic rings. The Balaban J connectivity index is 0.00000104. The zero-order valence-corrected chi connectivity index (χ0v) is 19.8. The number of ketones is 1. The summed E-state index contributed by atoms with van der Waals surface area (Å²) in [5.74, 6) is 6.27. The number of aromatic hydroxyl groups is 1. The number of carbonyl (C=O) groups is 1. The van der Waals surface area contributed by atoms with Crippen LogP contribution < -0.4 is 19.9 Å². The Morgan fingerprint density at radius 1 is 1.12 bits per heavy atom. The normalized spacial score (nSPS) is 10.1. The predicted molar refractivity (Wildman–Crippen MR) is 132 cm³/mol. The number of hydrogen-bond acceptors (Lipinski definition) is 8. The lowest BCUT2D eigenvalue weighted by molar-refractivity contribution is 0.106. The van der Waals surface area contributed by atoms with Crippen molar-refractivity contribution in [2.45, 2.75) is 6.42 Å². The molecular formula is C26H30N2O6. The quantitative estimate of drug-likeness (QED) is 0.223. The highest BCUT2D eigenvalue weighted by Crippen LogP contribution is 2.38. The van der Waals surface area contributed by atoms with Gasteiger partial charge in [0.25, 0.3) is 0 Å². The van der Waals surface area contributed by atoms with Crippen molar-refractivity contribution in [2.75, 3.05) is 35.0 Å². The Morgan fingerprint density at radius 3 is 2.24 bits per heavy atom. The van der Waals surface area contributed by atoms with Gasteiger partial charge in [0.05, 0.1) is 27.9 Å². The van der Waals surface area contributed by atoms with Gasteiger partial charge in [0.1, 0.15) is 11.5 Å². The first-order valence-electron chi connectivity index (χ1n) is 10.1. The summed E-state index contributed by atoms with van der Waals surface area (Å²) in [7, 11) is 5.99. The van der Waals surface area contributed by atoms with Crippen molar-refractivity contribution in [3.05, 3.63) is 72.0 Å². The molecule has 0 aliphatic heterocycles. The summed E-state index contributed by atoms with van der Waals surface area (Å²) in [4.78, 5) is 12.6. The van der Waals surface area contributed by atoms with Crippen molar-refractivity contribution in [3.8, 4) is 34.8 Å². The number of nitrogens with one attached hydrogen (secondary N) is 1. The van der Waals surface area contributed by atoms with Crippen LogP contribution >= 0.6 is 0 Å². The largest absolute Gasteiger partial charge is 0.508 e. The van der Waals surface area contributed by atoms with Crippen LogP contribution in [0.1, 0.15) is 22.3 Å². The lowest BCUT2D eigenvalue weighted by Crippen LogP contribution is -2.13. The Hall–Kier alpha value is -4.22. The van der Waals surface area contributed by atoms with Crippen LogP contribution in [0.5, 0.6) is 23.0 Å². The molecule has 0 radical (unpaired) electrons. The van der Waals surface area contributed by atoms with Crippen LogP contribution in [0.4, 0.5) is 0 Å². The number of benzene rings is 2. The minimum atomic E-state index is -0.548. The highest BCUT2D eigenvalue weighted by atomic mass is 16.5. The fraction of sp³-hybridized carbons (Fsp3) is 0.231. The van der Waals surface area contributed by atoms with E-state index >= 15 is 0 Å². The average molecular weight is 467 g/mol.